The van der Waals surface area contributed by atoms with Crippen LogP contribution in [0.5, 0.6) is 5.75 Å². The summed E-state index contributed by atoms with van der Waals surface area (Å²) in [5, 5.41) is 0.154. The van der Waals surface area contributed by atoms with E-state index in [0.717, 1.165) is 17.7 Å². The van der Waals surface area contributed by atoms with Crippen molar-refractivity contribution < 1.29 is 8.95 Å². The zero-order valence-electron chi connectivity index (χ0n) is 10.3. The maximum absolute atomic E-state index is 12.6. The summed E-state index contributed by atoms with van der Waals surface area (Å²) in [6.07, 6.45) is 1.90. The van der Waals surface area contributed by atoms with Crippen LogP contribution in [0.1, 0.15) is 19.8 Å². The fourth-order valence-corrected chi connectivity index (χ4v) is 4.24. The molecular formula is C13H19NO2S. The Hall–Kier alpha value is -0.870. The molecule has 3 nitrogen and oxygen atoms in total. The van der Waals surface area contributed by atoms with E-state index < -0.39 is 10.8 Å². The van der Waals surface area contributed by atoms with Crippen molar-refractivity contribution >= 4 is 10.8 Å². The summed E-state index contributed by atoms with van der Waals surface area (Å²) >= 11 is 0. The summed E-state index contributed by atoms with van der Waals surface area (Å²) in [5.74, 6) is 1.01. The fraction of sp³-hybridized carbons (Fsp3) is 0.538. The van der Waals surface area contributed by atoms with Crippen molar-refractivity contribution in [2.45, 2.75) is 36.0 Å². The molecule has 0 aromatic heterocycles. The van der Waals surface area contributed by atoms with Gasteiger partial charge < -0.3 is 10.5 Å². The number of methoxy groups -OCH3 is 1. The molecule has 0 bridgehead atoms. The van der Waals surface area contributed by atoms with Crippen LogP contribution >= 0.6 is 0 Å². The lowest BCUT2D eigenvalue weighted by molar-refractivity contribution is 0.403. The third-order valence-electron chi connectivity index (χ3n) is 3.61. The van der Waals surface area contributed by atoms with E-state index in [4.69, 9.17) is 10.5 Å². The highest BCUT2D eigenvalue weighted by Gasteiger charge is 2.35. The van der Waals surface area contributed by atoms with E-state index in [1.807, 2.05) is 24.3 Å². The van der Waals surface area contributed by atoms with Gasteiger partial charge in [0.05, 0.1) is 22.8 Å². The van der Waals surface area contributed by atoms with Gasteiger partial charge >= 0.3 is 0 Å². The zero-order valence-corrected chi connectivity index (χ0v) is 11.1. The Kier molecular flexibility index (Phi) is 3.84. The molecule has 2 N–H and O–H groups in total. The first-order chi connectivity index (χ1) is 8.15. The molecule has 4 unspecified atom stereocenters. The number of para-hydroxylation sites is 1. The average Bonchev–Trinajstić information content (AvgIpc) is 2.69. The molecule has 17 heavy (non-hydrogen) atoms. The van der Waals surface area contributed by atoms with Gasteiger partial charge in [0.25, 0.3) is 0 Å². The first-order valence-electron chi connectivity index (χ1n) is 5.94. The van der Waals surface area contributed by atoms with Crippen LogP contribution in [0.2, 0.25) is 0 Å². The van der Waals surface area contributed by atoms with Crippen molar-refractivity contribution in [2.24, 2.45) is 11.7 Å². The highest BCUT2D eigenvalue weighted by atomic mass is 32.2. The number of hydrogen-bond acceptors (Lipinski definition) is 3. The molecule has 94 valence electrons. The molecule has 1 aromatic rings. The predicted molar refractivity (Wildman–Crippen MR) is 69.6 cm³/mol. The second kappa shape index (κ2) is 5.19. The van der Waals surface area contributed by atoms with Gasteiger partial charge in [0.15, 0.2) is 0 Å². The van der Waals surface area contributed by atoms with Crippen molar-refractivity contribution in [1.29, 1.82) is 0 Å². The lowest BCUT2D eigenvalue weighted by Crippen LogP contribution is -2.29. The van der Waals surface area contributed by atoms with Crippen molar-refractivity contribution in [2.75, 3.05) is 7.11 Å². The maximum atomic E-state index is 12.6. The third kappa shape index (κ3) is 2.38. The normalized spacial score (nSPS) is 30.2. The van der Waals surface area contributed by atoms with E-state index in [0.29, 0.717) is 11.7 Å². The molecule has 1 fully saturated rings. The van der Waals surface area contributed by atoms with Crippen molar-refractivity contribution in [3.63, 3.8) is 0 Å². The van der Waals surface area contributed by atoms with Crippen LogP contribution in [-0.2, 0) is 10.8 Å². The molecule has 1 saturated carbocycles. The van der Waals surface area contributed by atoms with E-state index in [1.165, 1.54) is 0 Å². The molecule has 1 aliphatic rings. The molecule has 4 atom stereocenters. The van der Waals surface area contributed by atoms with Crippen LogP contribution in [-0.4, -0.2) is 22.6 Å². The summed E-state index contributed by atoms with van der Waals surface area (Å²) < 4.78 is 17.8. The van der Waals surface area contributed by atoms with Crippen LogP contribution in [0.15, 0.2) is 29.2 Å². The fourth-order valence-electron chi connectivity index (χ4n) is 2.41. The minimum absolute atomic E-state index is 0.154. The van der Waals surface area contributed by atoms with E-state index in [1.54, 1.807) is 7.11 Å². The van der Waals surface area contributed by atoms with Gasteiger partial charge in [-0.25, -0.2) is 0 Å². The third-order valence-corrected chi connectivity index (χ3v) is 5.59. The highest BCUT2D eigenvalue weighted by Crippen LogP contribution is 2.34. The van der Waals surface area contributed by atoms with Gasteiger partial charge in [0.1, 0.15) is 5.75 Å². The molecule has 1 aromatic carbocycles. The quantitative estimate of drug-likeness (QED) is 0.895. The van der Waals surface area contributed by atoms with Crippen molar-refractivity contribution in [3.8, 4) is 5.75 Å². The SMILES string of the molecule is COc1ccccc1S(=O)C1CCC(N)C1C. The largest absolute Gasteiger partial charge is 0.495 e. The lowest BCUT2D eigenvalue weighted by Gasteiger charge is -2.18. The second-order valence-corrected chi connectivity index (χ2v) is 6.23. The molecule has 0 spiro atoms. The Labute approximate surface area is 105 Å². The summed E-state index contributed by atoms with van der Waals surface area (Å²) in [6.45, 7) is 2.09. The minimum atomic E-state index is -1.03. The maximum Gasteiger partial charge on any atom is 0.134 e. The van der Waals surface area contributed by atoms with E-state index in [-0.39, 0.29) is 11.3 Å². The minimum Gasteiger partial charge on any atom is -0.495 e. The van der Waals surface area contributed by atoms with Gasteiger partial charge in [0, 0.05) is 11.3 Å². The van der Waals surface area contributed by atoms with Crippen molar-refractivity contribution in [3.05, 3.63) is 24.3 Å². The Morgan fingerprint density at radius 1 is 1.35 bits per heavy atom. The van der Waals surface area contributed by atoms with E-state index in [2.05, 4.69) is 6.92 Å². The molecular weight excluding hydrogens is 234 g/mol. The molecule has 4 heteroatoms. The van der Waals surface area contributed by atoms with Gasteiger partial charge in [-0.1, -0.05) is 19.1 Å². The molecule has 0 aliphatic heterocycles. The summed E-state index contributed by atoms with van der Waals surface area (Å²) in [5.41, 5.74) is 5.99. The molecule has 0 saturated heterocycles. The Morgan fingerprint density at radius 3 is 2.65 bits per heavy atom. The standard InChI is InChI=1S/C13H19NO2S/c1-9-10(14)7-8-12(9)17(15)13-6-4-3-5-11(13)16-2/h3-6,9-10,12H,7-8,14H2,1-2H3. The topological polar surface area (TPSA) is 52.3 Å². The van der Waals surface area contributed by atoms with Gasteiger partial charge in [0.2, 0.25) is 0 Å². The average molecular weight is 253 g/mol. The van der Waals surface area contributed by atoms with Gasteiger partial charge in [-0.2, -0.15) is 0 Å². The predicted octanol–water partition coefficient (Wildman–Crippen LogP) is 1.93. The number of rotatable bonds is 3. The van der Waals surface area contributed by atoms with Crippen LogP contribution in [0.25, 0.3) is 0 Å². The first kappa shape index (κ1) is 12.6. The van der Waals surface area contributed by atoms with Crippen LogP contribution in [0.4, 0.5) is 0 Å². The number of nitrogens with two attached hydrogens (primary N) is 1. The molecule has 2 rings (SSSR count). The zero-order chi connectivity index (χ0) is 12.4. The number of ether oxygens (including phenoxy) is 1. The van der Waals surface area contributed by atoms with Crippen molar-refractivity contribution in [1.82, 2.24) is 0 Å². The van der Waals surface area contributed by atoms with Crippen LogP contribution < -0.4 is 10.5 Å². The number of hydrogen-bond donors (Lipinski definition) is 1. The number of benzene rings is 1. The molecule has 0 radical (unpaired) electrons. The first-order valence-corrected chi connectivity index (χ1v) is 7.15. The van der Waals surface area contributed by atoms with Crippen LogP contribution in [0.3, 0.4) is 0 Å². The highest BCUT2D eigenvalue weighted by molar-refractivity contribution is 7.85. The Bertz CT molecular complexity index is 422. The lowest BCUT2D eigenvalue weighted by atomic mass is 10.1. The van der Waals surface area contributed by atoms with Gasteiger partial charge in [-0.05, 0) is 30.9 Å². The molecule has 0 amide bonds. The Balaban J connectivity index is 2.25. The van der Waals surface area contributed by atoms with Gasteiger partial charge in [-0.3, -0.25) is 4.21 Å². The smallest absolute Gasteiger partial charge is 0.134 e. The van der Waals surface area contributed by atoms with Crippen LogP contribution in [0, 0.1) is 5.92 Å². The van der Waals surface area contributed by atoms with Gasteiger partial charge in [-0.15, -0.1) is 0 Å². The van der Waals surface area contributed by atoms with E-state index in [9.17, 15) is 4.21 Å². The molecule has 1 aliphatic carbocycles. The molecule has 0 heterocycles. The second-order valence-electron chi connectivity index (χ2n) is 4.59. The Morgan fingerprint density at radius 2 is 2.06 bits per heavy atom. The summed E-state index contributed by atoms with van der Waals surface area (Å²) in [7, 11) is 0.585. The monoisotopic (exact) mass is 253 g/mol. The summed E-state index contributed by atoms with van der Waals surface area (Å²) in [6, 6.07) is 7.70. The summed E-state index contributed by atoms with van der Waals surface area (Å²) in [4.78, 5) is 0.793. The van der Waals surface area contributed by atoms with E-state index >= 15 is 0 Å².